The van der Waals surface area contributed by atoms with Gasteiger partial charge in [0, 0.05) is 18.3 Å². The second kappa shape index (κ2) is 8.84. The highest BCUT2D eigenvalue weighted by molar-refractivity contribution is 6.32. The average molecular weight is 368 g/mol. The average Bonchev–Trinajstić information content (AvgIpc) is 2.62. The molecule has 25 heavy (non-hydrogen) atoms. The minimum absolute atomic E-state index is 0.109. The Morgan fingerprint density at radius 1 is 1.28 bits per heavy atom. The van der Waals surface area contributed by atoms with Crippen LogP contribution in [0.3, 0.4) is 0 Å². The fraction of sp³-hybridized carbons (Fsp3) is 0.250. The first-order valence-electron chi connectivity index (χ1n) is 7.27. The molecule has 0 radical (unpaired) electrons. The van der Waals surface area contributed by atoms with Crippen LogP contribution in [0.2, 0.25) is 5.02 Å². The summed E-state index contributed by atoms with van der Waals surface area (Å²) in [5.41, 5.74) is 0.213. The Morgan fingerprint density at radius 2 is 2.08 bits per heavy atom. The van der Waals surface area contributed by atoms with Crippen molar-refractivity contribution >= 4 is 23.3 Å². The molecule has 0 saturated carbocycles. The van der Waals surface area contributed by atoms with Crippen molar-refractivity contribution in [3.8, 4) is 17.4 Å². The standard InChI is InChI=1S/C16H16ClN2O6/c1-3-23-15(20)10-24-16-14(5-4-8-18-16)25-13-7-6-11(9-12(13)17)19(21)22-2/h4-9H,3,10H2,1-2H3/q+1. The minimum Gasteiger partial charge on any atom is -0.463 e. The molecule has 132 valence electrons. The lowest BCUT2D eigenvalue weighted by molar-refractivity contribution is -0.736. The van der Waals surface area contributed by atoms with Gasteiger partial charge < -0.3 is 14.2 Å². The van der Waals surface area contributed by atoms with Crippen LogP contribution >= 0.6 is 11.6 Å². The van der Waals surface area contributed by atoms with Crippen LogP contribution < -0.4 is 9.47 Å². The van der Waals surface area contributed by atoms with Gasteiger partial charge >= 0.3 is 11.7 Å². The molecule has 0 N–H and O–H groups in total. The lowest BCUT2D eigenvalue weighted by Crippen LogP contribution is -2.15. The molecular weight excluding hydrogens is 352 g/mol. The summed E-state index contributed by atoms with van der Waals surface area (Å²) >= 11 is 6.12. The molecular formula is C16H16ClN2O6+. The van der Waals surface area contributed by atoms with Crippen molar-refractivity contribution in [1.29, 1.82) is 0 Å². The Morgan fingerprint density at radius 3 is 2.76 bits per heavy atom. The molecule has 1 aromatic heterocycles. The number of aromatic nitrogens is 1. The molecule has 0 bridgehead atoms. The maximum absolute atomic E-state index is 11.4. The molecule has 2 aromatic rings. The summed E-state index contributed by atoms with van der Waals surface area (Å²) in [7, 11) is 1.24. The molecule has 0 aliphatic rings. The van der Waals surface area contributed by atoms with Crippen LogP contribution in [0.5, 0.6) is 17.4 Å². The topological polar surface area (TPSA) is 87.0 Å². The van der Waals surface area contributed by atoms with E-state index in [2.05, 4.69) is 9.82 Å². The summed E-state index contributed by atoms with van der Waals surface area (Å²) < 4.78 is 15.8. The van der Waals surface area contributed by atoms with Gasteiger partial charge in [0.25, 0.3) is 10.8 Å². The second-order valence-electron chi connectivity index (χ2n) is 4.56. The number of nitrogens with zero attached hydrogens (tertiary/aromatic N) is 2. The summed E-state index contributed by atoms with van der Waals surface area (Å²) in [4.78, 5) is 31.7. The third-order valence-electron chi connectivity index (χ3n) is 2.88. The van der Waals surface area contributed by atoms with Gasteiger partial charge in [-0.05, 0) is 25.1 Å². The smallest absolute Gasteiger partial charge is 0.344 e. The van der Waals surface area contributed by atoms with Crippen molar-refractivity contribution < 1.29 is 28.8 Å². The van der Waals surface area contributed by atoms with Crippen LogP contribution in [-0.4, -0.2) is 36.2 Å². The van der Waals surface area contributed by atoms with E-state index in [1.807, 2.05) is 0 Å². The van der Waals surface area contributed by atoms with Crippen LogP contribution in [0.4, 0.5) is 5.69 Å². The van der Waals surface area contributed by atoms with Gasteiger partial charge in [-0.15, -0.1) is 0 Å². The normalized spacial score (nSPS) is 10.0. The number of benzene rings is 1. The monoisotopic (exact) mass is 367 g/mol. The van der Waals surface area contributed by atoms with Crippen LogP contribution in [0, 0.1) is 4.91 Å². The van der Waals surface area contributed by atoms with E-state index in [0.29, 0.717) is 4.92 Å². The highest BCUT2D eigenvalue weighted by atomic mass is 35.5. The molecule has 8 nitrogen and oxygen atoms in total. The zero-order valence-corrected chi connectivity index (χ0v) is 14.4. The number of carbonyl (C=O) groups is 1. The van der Waals surface area contributed by atoms with Gasteiger partial charge in [-0.25, -0.2) is 14.6 Å². The Hall–Kier alpha value is -2.87. The van der Waals surface area contributed by atoms with Gasteiger partial charge in [-0.1, -0.05) is 11.6 Å². The van der Waals surface area contributed by atoms with Gasteiger partial charge in [0.1, 0.15) is 5.75 Å². The lowest BCUT2D eigenvalue weighted by Gasteiger charge is -2.11. The van der Waals surface area contributed by atoms with Gasteiger partial charge in [0.2, 0.25) is 0 Å². The van der Waals surface area contributed by atoms with Crippen molar-refractivity contribution in [3.63, 3.8) is 0 Å². The van der Waals surface area contributed by atoms with Crippen LogP contribution in [-0.2, 0) is 14.4 Å². The first kappa shape index (κ1) is 18.5. The molecule has 0 spiro atoms. The Bertz CT molecular complexity index is 768. The Labute approximate surface area is 148 Å². The third-order valence-corrected chi connectivity index (χ3v) is 3.18. The number of carbonyl (C=O) groups excluding carboxylic acids is 1. The zero-order chi connectivity index (χ0) is 18.2. The maximum Gasteiger partial charge on any atom is 0.344 e. The summed E-state index contributed by atoms with van der Waals surface area (Å²) in [5.74, 6) is 0.130. The molecule has 0 unspecified atom stereocenters. The number of rotatable bonds is 8. The molecule has 0 aliphatic carbocycles. The quantitative estimate of drug-likeness (QED) is 0.521. The maximum atomic E-state index is 11.4. The van der Waals surface area contributed by atoms with E-state index in [9.17, 15) is 9.70 Å². The first-order valence-corrected chi connectivity index (χ1v) is 7.65. The fourth-order valence-electron chi connectivity index (χ4n) is 1.80. The fourth-order valence-corrected chi connectivity index (χ4v) is 2.02. The zero-order valence-electron chi connectivity index (χ0n) is 13.6. The van der Waals surface area contributed by atoms with Gasteiger partial charge in [-0.3, -0.25) is 0 Å². The van der Waals surface area contributed by atoms with E-state index in [0.717, 1.165) is 0 Å². The lowest BCUT2D eigenvalue weighted by atomic mass is 10.3. The summed E-state index contributed by atoms with van der Waals surface area (Å²) in [5, 5.41) is 0.190. The van der Waals surface area contributed by atoms with E-state index < -0.39 is 5.97 Å². The van der Waals surface area contributed by atoms with Gasteiger partial charge in [0.05, 0.1) is 16.5 Å². The predicted octanol–water partition coefficient (Wildman–Crippen LogP) is 3.44. The summed E-state index contributed by atoms with van der Waals surface area (Å²) in [6.45, 7) is 1.66. The van der Waals surface area contributed by atoms with Crippen LogP contribution in [0.1, 0.15) is 6.92 Å². The van der Waals surface area contributed by atoms with Crippen LogP contribution in [0.25, 0.3) is 0 Å². The number of hydrogen-bond donors (Lipinski definition) is 0. The number of hydrogen-bond acceptors (Lipinski definition) is 7. The number of esters is 1. The summed E-state index contributed by atoms with van der Waals surface area (Å²) in [6.07, 6.45) is 1.49. The molecule has 1 heterocycles. The van der Waals surface area contributed by atoms with E-state index in [1.165, 1.54) is 31.5 Å². The molecule has 0 aliphatic heterocycles. The molecule has 0 atom stereocenters. The van der Waals surface area contributed by atoms with E-state index in [1.54, 1.807) is 19.1 Å². The molecule has 9 heteroatoms. The minimum atomic E-state index is -0.517. The second-order valence-corrected chi connectivity index (χ2v) is 4.96. The Balaban J connectivity index is 2.15. The van der Waals surface area contributed by atoms with Crippen molar-refractivity contribution in [2.24, 2.45) is 0 Å². The SMILES string of the molecule is CCOC(=O)COc1ncccc1Oc1ccc([N+](=O)OC)cc1Cl. The van der Waals surface area contributed by atoms with Crippen molar-refractivity contribution in [3.05, 3.63) is 46.5 Å². The van der Waals surface area contributed by atoms with Crippen molar-refractivity contribution in [2.45, 2.75) is 6.92 Å². The van der Waals surface area contributed by atoms with E-state index >= 15 is 0 Å². The van der Waals surface area contributed by atoms with Crippen molar-refractivity contribution in [2.75, 3.05) is 20.3 Å². The first-order chi connectivity index (χ1) is 12.0. The largest absolute Gasteiger partial charge is 0.463 e. The molecule has 2 rings (SSSR count). The Kier molecular flexibility index (Phi) is 6.53. The highest BCUT2D eigenvalue weighted by Gasteiger charge is 2.18. The number of halogens is 1. The molecule has 0 saturated heterocycles. The van der Waals surface area contributed by atoms with Crippen LogP contribution in [0.15, 0.2) is 36.5 Å². The molecule has 0 fully saturated rings. The highest BCUT2D eigenvalue weighted by Crippen LogP contribution is 2.35. The van der Waals surface area contributed by atoms with E-state index in [4.69, 9.17) is 25.8 Å². The molecule has 0 amide bonds. The predicted molar refractivity (Wildman–Crippen MR) is 88.2 cm³/mol. The number of ether oxygens (including phenoxy) is 3. The third kappa shape index (κ3) is 5.05. The number of pyridine rings is 1. The summed E-state index contributed by atoms with van der Waals surface area (Å²) in [6, 6.07) is 7.62. The van der Waals surface area contributed by atoms with Crippen molar-refractivity contribution in [1.82, 2.24) is 4.98 Å². The van der Waals surface area contributed by atoms with Gasteiger partial charge in [0.15, 0.2) is 19.5 Å². The van der Waals surface area contributed by atoms with Gasteiger partial charge in [-0.2, -0.15) is 0 Å². The molecule has 1 aromatic carbocycles. The van der Waals surface area contributed by atoms with E-state index in [-0.39, 0.29) is 41.3 Å².